The standard InChI is InChI=1S/C31H33F3N8O2S.C20H21N3O5.C2H6/c1-18(19-4-7-22(32)8-5-19)44-26-14-20(6-9-25(26)39-45(43)31(33)34)28-27-29(41(3)38-28)24(16-36-30(27)35)21-15-37-42(17-21)23-10-12-40(2)13-11-23;24-10-11-4-6-12(7-5-11)21-14-3-1-2-13-17(14)20(28)23(19(13)27)15-8-9-16(25)22-18(15)26;1-2/h4-9,14-18,23,31,39H,10-13H2,1-3H3,(H2,35,36);1-3,10-12,15,21H,4-9H2,(H,22,25,26);1-2H3. The Morgan fingerprint density at radius 1 is 0.880 bits per heavy atom. The molecule has 0 spiro atoms. The normalized spacial score (nSPS) is 19.9. The van der Waals surface area contributed by atoms with E-state index < -0.39 is 58.3 Å². The molecule has 3 aliphatic heterocycles. The Morgan fingerprint density at radius 2 is 1.60 bits per heavy atom. The second-order valence-electron chi connectivity index (χ2n) is 18.7. The second kappa shape index (κ2) is 23.4. The van der Waals surface area contributed by atoms with E-state index in [0.29, 0.717) is 33.9 Å². The highest BCUT2D eigenvalue weighted by atomic mass is 32.2. The van der Waals surface area contributed by atoms with Crippen LogP contribution in [0, 0.1) is 11.7 Å². The number of rotatable bonds is 13. The second-order valence-corrected chi connectivity index (χ2v) is 19.9. The summed E-state index contributed by atoms with van der Waals surface area (Å²) in [4.78, 5) is 68.1. The maximum absolute atomic E-state index is 13.5. The van der Waals surface area contributed by atoms with E-state index in [4.69, 9.17) is 15.6 Å². The van der Waals surface area contributed by atoms with Gasteiger partial charge in [-0.25, -0.2) is 13.6 Å². The highest BCUT2D eigenvalue weighted by molar-refractivity contribution is 7.86. The summed E-state index contributed by atoms with van der Waals surface area (Å²) in [6, 6.07) is 15.0. The van der Waals surface area contributed by atoms with Gasteiger partial charge in [-0.2, -0.15) is 19.0 Å². The van der Waals surface area contributed by atoms with E-state index in [1.807, 2.05) is 38.0 Å². The summed E-state index contributed by atoms with van der Waals surface area (Å²) < 4.78 is 64.2. The molecule has 6 aromatic rings. The van der Waals surface area contributed by atoms with Crippen molar-refractivity contribution >= 4 is 69.0 Å². The Labute approximate surface area is 434 Å². The molecule has 10 rings (SSSR count). The molecule has 75 heavy (non-hydrogen) atoms. The molecule has 4 aliphatic rings. The lowest BCUT2D eigenvalue weighted by Crippen LogP contribution is -2.54. The Hall–Kier alpha value is -7.46. The maximum atomic E-state index is 13.5. The van der Waals surface area contributed by atoms with Crippen LogP contribution in [0.5, 0.6) is 5.75 Å². The quantitative estimate of drug-likeness (QED) is 0.0632. The average Bonchev–Trinajstić information content (AvgIpc) is 4.12. The molecule has 18 nitrogen and oxygen atoms in total. The first-order valence-corrected chi connectivity index (χ1v) is 26.2. The summed E-state index contributed by atoms with van der Waals surface area (Å²) in [5.41, 5.74) is 11.8. The number of piperidine rings is 2. The van der Waals surface area contributed by atoms with Crippen LogP contribution in [0.4, 0.5) is 30.4 Å². The molecule has 3 atom stereocenters. The minimum absolute atomic E-state index is 0.0887. The summed E-state index contributed by atoms with van der Waals surface area (Å²) in [5, 5.41) is 15.6. The van der Waals surface area contributed by atoms with Crippen LogP contribution in [-0.2, 0) is 32.4 Å². The summed E-state index contributed by atoms with van der Waals surface area (Å²) in [6.07, 6.45) is 11.4. The molecule has 2 saturated heterocycles. The van der Waals surface area contributed by atoms with Gasteiger partial charge in [0, 0.05) is 60.2 Å². The van der Waals surface area contributed by atoms with Gasteiger partial charge in [0.1, 0.15) is 41.5 Å². The van der Waals surface area contributed by atoms with Crippen molar-refractivity contribution < 1.29 is 46.1 Å². The Kier molecular flexibility index (Phi) is 16.8. The minimum atomic E-state index is -3.11. The number of nitrogens with two attached hydrogens (primary N) is 1. The van der Waals surface area contributed by atoms with Gasteiger partial charge < -0.3 is 25.5 Å². The van der Waals surface area contributed by atoms with Gasteiger partial charge in [-0.3, -0.25) is 43.5 Å². The van der Waals surface area contributed by atoms with Crippen LogP contribution in [0.15, 0.2) is 79.3 Å². The number of nitrogen functional groups attached to an aromatic ring is 1. The third kappa shape index (κ3) is 11.6. The number of amides is 4. The Morgan fingerprint density at radius 3 is 2.28 bits per heavy atom. The lowest BCUT2D eigenvalue weighted by atomic mass is 9.87. The predicted octanol–water partition coefficient (Wildman–Crippen LogP) is 8.21. The maximum Gasteiger partial charge on any atom is 0.330 e. The first-order valence-electron chi connectivity index (χ1n) is 25.0. The topological polar surface area (TPSA) is 229 Å². The third-order valence-electron chi connectivity index (χ3n) is 13.9. The van der Waals surface area contributed by atoms with Gasteiger partial charge in [0.25, 0.3) is 11.8 Å². The number of nitrogens with zero attached hydrogens (tertiary/aromatic N) is 7. The third-order valence-corrected chi connectivity index (χ3v) is 14.7. The summed E-state index contributed by atoms with van der Waals surface area (Å²) in [6.45, 7) is 7.77. The molecule has 0 bridgehead atoms. The largest absolute Gasteiger partial charge is 0.484 e. The molecule has 5 N–H and O–H groups in total. The molecule has 1 aliphatic carbocycles. The summed E-state index contributed by atoms with van der Waals surface area (Å²) in [7, 11) is 1.27. The summed E-state index contributed by atoms with van der Waals surface area (Å²) >= 11 is 0. The number of ether oxygens (including phenoxy) is 1. The van der Waals surface area contributed by atoms with Gasteiger partial charge >= 0.3 is 5.76 Å². The van der Waals surface area contributed by atoms with E-state index in [1.54, 1.807) is 60.3 Å². The number of likely N-dealkylation sites (tertiary alicyclic amines) is 1. The lowest BCUT2D eigenvalue weighted by Gasteiger charge is -2.28. The number of alkyl halides is 2. The fourth-order valence-electron chi connectivity index (χ4n) is 9.94. The van der Waals surface area contributed by atoms with Crippen LogP contribution in [-0.4, -0.2) is 106 Å². The van der Waals surface area contributed by atoms with Crippen molar-refractivity contribution in [3.63, 3.8) is 0 Å². The molecule has 3 unspecified atom stereocenters. The van der Waals surface area contributed by atoms with Crippen LogP contribution in [0.2, 0.25) is 0 Å². The number of anilines is 3. The lowest BCUT2D eigenvalue weighted by molar-refractivity contribution is -0.136. The highest BCUT2D eigenvalue weighted by Crippen LogP contribution is 2.41. The predicted molar refractivity (Wildman–Crippen MR) is 278 cm³/mol. The number of halogens is 3. The van der Waals surface area contributed by atoms with E-state index in [-0.39, 0.29) is 53.2 Å². The van der Waals surface area contributed by atoms with Gasteiger partial charge in [0.05, 0.1) is 40.0 Å². The van der Waals surface area contributed by atoms with Crippen molar-refractivity contribution in [3.8, 4) is 28.1 Å². The number of hydrogen-bond donors (Lipinski definition) is 4. The molecule has 1 saturated carbocycles. The monoisotopic (exact) mass is 1050 g/mol. The zero-order valence-corrected chi connectivity index (χ0v) is 43.0. The van der Waals surface area contributed by atoms with Crippen molar-refractivity contribution in [1.29, 1.82) is 0 Å². The zero-order chi connectivity index (χ0) is 53.7. The van der Waals surface area contributed by atoms with Gasteiger partial charge in [-0.15, -0.1) is 0 Å². The fourth-order valence-corrected chi connectivity index (χ4v) is 10.4. The highest BCUT2D eigenvalue weighted by Gasteiger charge is 2.46. The Balaban J connectivity index is 0.000000213. The molecule has 396 valence electrons. The summed E-state index contributed by atoms with van der Waals surface area (Å²) in [5.74, 6) is -5.04. The van der Waals surface area contributed by atoms with Crippen LogP contribution in [0.1, 0.15) is 111 Å². The molecule has 22 heteroatoms. The minimum Gasteiger partial charge on any atom is -0.484 e. The average molecular weight is 1050 g/mol. The van der Waals surface area contributed by atoms with Crippen LogP contribution >= 0.6 is 0 Å². The first-order chi connectivity index (χ1) is 36.1. The number of hydrogen-bond acceptors (Lipinski definition) is 13. The van der Waals surface area contributed by atoms with E-state index in [9.17, 15) is 41.4 Å². The van der Waals surface area contributed by atoms with Crippen LogP contribution in [0.25, 0.3) is 33.3 Å². The number of aryl methyl sites for hydroxylation is 1. The molecule has 0 radical (unpaired) electrons. The molecule has 3 aromatic carbocycles. The van der Waals surface area contributed by atoms with E-state index in [0.717, 1.165) is 79.4 Å². The number of carbonyl (C=O) groups is 5. The van der Waals surface area contributed by atoms with E-state index in [2.05, 4.69) is 37.4 Å². The van der Waals surface area contributed by atoms with Crippen molar-refractivity contribution in [2.45, 2.75) is 102 Å². The van der Waals surface area contributed by atoms with Crippen molar-refractivity contribution in [3.05, 3.63) is 102 Å². The van der Waals surface area contributed by atoms with Gasteiger partial charge in [0.2, 0.25) is 11.8 Å². The van der Waals surface area contributed by atoms with Gasteiger partial charge in [-0.05, 0) is 114 Å². The molecular weight excluding hydrogens is 992 g/mol. The van der Waals surface area contributed by atoms with Crippen molar-refractivity contribution in [2.24, 2.45) is 13.0 Å². The molecule has 3 aromatic heterocycles. The number of pyridine rings is 1. The van der Waals surface area contributed by atoms with Crippen LogP contribution in [0.3, 0.4) is 0 Å². The number of benzene rings is 3. The molecule has 3 fully saturated rings. The smallest absolute Gasteiger partial charge is 0.330 e. The van der Waals surface area contributed by atoms with Crippen molar-refractivity contribution in [2.75, 3.05) is 35.9 Å². The van der Waals surface area contributed by atoms with Gasteiger partial charge in [0.15, 0.2) is 11.0 Å². The van der Waals surface area contributed by atoms with Crippen molar-refractivity contribution in [1.82, 2.24) is 39.7 Å². The van der Waals surface area contributed by atoms with E-state index in [1.165, 1.54) is 18.2 Å². The molecule has 4 amide bonds. The number of fused-ring (bicyclic) bond motifs is 2. The zero-order valence-electron chi connectivity index (χ0n) is 42.2. The molecule has 6 heterocycles. The number of aromatic nitrogens is 5. The SMILES string of the molecule is CC.CC(Oc1cc(-c2nn(C)c3c(-c4cnn(C5CCN(C)CC5)c4)cnc(N)c23)ccc1NS(=O)C(F)F)c1ccc(F)cc1.O=CC1CCC(Nc2cccc3c2C(=O)N(C2CCC(=O)NC2=O)C3=O)CC1. The number of aldehydes is 1. The number of imide groups is 2. The first kappa shape index (κ1) is 53.8. The number of nitrogens with one attached hydrogen (secondary N) is 3. The fraction of sp³-hybridized carbons (Fsp3) is 0.396. The van der Waals surface area contributed by atoms with Gasteiger partial charge in [-0.1, -0.05) is 38.1 Å². The Bertz CT molecular complexity index is 3120. The van der Waals surface area contributed by atoms with E-state index >= 15 is 0 Å². The van der Waals surface area contributed by atoms with Crippen LogP contribution < -0.4 is 25.8 Å². The molecular formula is C53H60F3N11O7S. The number of carbonyl (C=O) groups excluding carboxylic acids is 5.